The summed E-state index contributed by atoms with van der Waals surface area (Å²) in [6.45, 7) is 8.14. The van der Waals surface area contributed by atoms with Crippen LogP contribution >= 0.6 is 0 Å². The third-order valence-electron chi connectivity index (χ3n) is 9.89. The van der Waals surface area contributed by atoms with Gasteiger partial charge in [-0.15, -0.1) is 0 Å². The molecule has 0 aromatic heterocycles. The number of aliphatic carboxylic acids is 1. The zero-order valence-corrected chi connectivity index (χ0v) is 24.2. The number of halogens is 3. The molecule has 0 aliphatic carbocycles. The minimum Gasteiger partial charge on any atom is -0.480 e. The van der Waals surface area contributed by atoms with Gasteiger partial charge >= 0.3 is 18.2 Å². The van der Waals surface area contributed by atoms with Gasteiger partial charge in [0, 0.05) is 50.0 Å². The number of carbonyl (C=O) groups excluding carboxylic acids is 1. The van der Waals surface area contributed by atoms with Crippen LogP contribution in [0.1, 0.15) is 69.4 Å². The van der Waals surface area contributed by atoms with Crippen LogP contribution in [0.2, 0.25) is 0 Å². The molecule has 5 rings (SSSR count). The Morgan fingerprint density at radius 1 is 1.02 bits per heavy atom. The highest BCUT2D eigenvalue weighted by Crippen LogP contribution is 2.41. The second kappa shape index (κ2) is 12.0. The van der Waals surface area contributed by atoms with Gasteiger partial charge in [-0.1, -0.05) is 12.1 Å². The summed E-state index contributed by atoms with van der Waals surface area (Å²) in [6, 6.07) is 6.58. The second-order valence-electron chi connectivity index (χ2n) is 12.4. The van der Waals surface area contributed by atoms with Gasteiger partial charge in [0.15, 0.2) is 6.10 Å². The quantitative estimate of drug-likeness (QED) is 0.506. The first-order valence-electron chi connectivity index (χ1n) is 15.1. The molecule has 4 aliphatic heterocycles. The number of piperidine rings is 2. The number of anilines is 1. The Kier molecular flexibility index (Phi) is 8.76. The Morgan fingerprint density at radius 2 is 1.73 bits per heavy atom. The zero-order chi connectivity index (χ0) is 29.4. The fourth-order valence-corrected chi connectivity index (χ4v) is 7.44. The van der Waals surface area contributed by atoms with Crippen molar-refractivity contribution in [3.8, 4) is 0 Å². The van der Waals surface area contributed by atoms with Gasteiger partial charge in [-0.2, -0.15) is 13.2 Å². The van der Waals surface area contributed by atoms with Crippen LogP contribution in [-0.2, 0) is 16.1 Å². The predicted molar refractivity (Wildman–Crippen MR) is 149 cm³/mol. The van der Waals surface area contributed by atoms with Crippen molar-refractivity contribution in [2.75, 3.05) is 44.2 Å². The Bertz CT molecular complexity index is 1100. The first-order chi connectivity index (χ1) is 19.5. The lowest BCUT2D eigenvalue weighted by molar-refractivity contribution is -0.200. The second-order valence-corrected chi connectivity index (χ2v) is 12.4. The number of carbonyl (C=O) groups is 2. The molecule has 1 amide bonds. The molecule has 4 heterocycles. The lowest BCUT2D eigenvalue weighted by atomic mass is 9.84. The number of nitrogens with zero attached hydrogens (tertiary/aromatic N) is 4. The van der Waals surface area contributed by atoms with Gasteiger partial charge in [0.05, 0.1) is 0 Å². The molecular weight excluding hydrogens is 537 g/mol. The molecule has 1 N–H and O–H groups in total. The van der Waals surface area contributed by atoms with Crippen LogP contribution in [0.15, 0.2) is 18.2 Å². The van der Waals surface area contributed by atoms with Gasteiger partial charge in [-0.25, -0.2) is 4.79 Å². The van der Waals surface area contributed by atoms with E-state index in [1.165, 1.54) is 21.7 Å². The Morgan fingerprint density at radius 3 is 2.39 bits per heavy atom. The predicted octanol–water partition coefficient (Wildman–Crippen LogP) is 5.03. The number of aryl methyl sites for hydroxylation is 1. The molecule has 1 aromatic rings. The number of carboxylic acids is 1. The van der Waals surface area contributed by atoms with E-state index in [-0.39, 0.29) is 11.6 Å². The van der Waals surface area contributed by atoms with Crippen molar-refractivity contribution < 1.29 is 32.6 Å². The molecule has 11 heteroatoms. The van der Waals surface area contributed by atoms with Crippen LogP contribution in [0.5, 0.6) is 0 Å². The highest BCUT2D eigenvalue weighted by molar-refractivity contribution is 5.74. The maximum atomic E-state index is 12.9. The summed E-state index contributed by atoms with van der Waals surface area (Å²) in [6.07, 6.45) is -0.479. The number of carboxylic acid groups (broad SMARTS) is 1. The molecule has 0 bridgehead atoms. The number of rotatable bonds is 6. The summed E-state index contributed by atoms with van der Waals surface area (Å²) in [5, 5.41) is 9.63. The van der Waals surface area contributed by atoms with E-state index in [0.29, 0.717) is 19.1 Å². The maximum absolute atomic E-state index is 12.9. The molecule has 0 saturated carbocycles. The number of hydrogen-bond acceptors (Lipinski definition) is 6. The molecule has 8 nitrogen and oxygen atoms in total. The van der Waals surface area contributed by atoms with Crippen LogP contribution in [0.3, 0.4) is 0 Å². The normalized spacial score (nSPS) is 25.1. The summed E-state index contributed by atoms with van der Waals surface area (Å²) in [5.74, 6) is -0.705. The summed E-state index contributed by atoms with van der Waals surface area (Å²) < 4.78 is 43.3. The SMILES string of the molecule is Cc1ccc(CN2CCCC23CCN(C(=O)OC(C)C(F)(F)F)CC3)c(N2CCC(N3CCC[C@H]3C(=O)O)CC2)c1. The van der Waals surface area contributed by atoms with Crippen molar-refractivity contribution >= 4 is 17.7 Å². The summed E-state index contributed by atoms with van der Waals surface area (Å²) >= 11 is 0. The van der Waals surface area contributed by atoms with Crippen molar-refractivity contribution in [3.63, 3.8) is 0 Å². The minimum atomic E-state index is -4.56. The summed E-state index contributed by atoms with van der Waals surface area (Å²) in [4.78, 5) is 32.7. The topological polar surface area (TPSA) is 76.6 Å². The zero-order valence-electron chi connectivity index (χ0n) is 24.2. The van der Waals surface area contributed by atoms with Gasteiger partial charge in [-0.05, 0) is 95.5 Å². The molecular formula is C30H43F3N4O4. The molecule has 1 aromatic carbocycles. The van der Waals surface area contributed by atoms with Crippen molar-refractivity contribution in [1.82, 2.24) is 14.7 Å². The maximum Gasteiger partial charge on any atom is 0.425 e. The number of hydrogen-bond donors (Lipinski definition) is 1. The molecule has 1 spiro atoms. The molecule has 228 valence electrons. The fourth-order valence-electron chi connectivity index (χ4n) is 7.44. The monoisotopic (exact) mass is 580 g/mol. The minimum absolute atomic E-state index is 0.0663. The van der Waals surface area contributed by atoms with E-state index in [1.807, 2.05) is 0 Å². The molecule has 0 radical (unpaired) electrons. The largest absolute Gasteiger partial charge is 0.480 e. The molecule has 4 fully saturated rings. The van der Waals surface area contributed by atoms with E-state index in [4.69, 9.17) is 4.74 Å². The van der Waals surface area contributed by atoms with E-state index in [9.17, 15) is 27.9 Å². The molecule has 4 saturated heterocycles. The van der Waals surface area contributed by atoms with Crippen molar-refractivity contribution in [2.24, 2.45) is 0 Å². The van der Waals surface area contributed by atoms with E-state index in [2.05, 4.69) is 39.8 Å². The van der Waals surface area contributed by atoms with Crippen LogP contribution in [0.25, 0.3) is 0 Å². The van der Waals surface area contributed by atoms with Crippen LogP contribution in [0, 0.1) is 6.92 Å². The van der Waals surface area contributed by atoms with Gasteiger partial charge in [-0.3, -0.25) is 14.6 Å². The average molecular weight is 581 g/mol. The first-order valence-corrected chi connectivity index (χ1v) is 15.1. The molecule has 41 heavy (non-hydrogen) atoms. The Balaban J connectivity index is 1.22. The van der Waals surface area contributed by atoms with E-state index in [0.717, 1.165) is 91.0 Å². The Hall–Kier alpha value is -2.53. The van der Waals surface area contributed by atoms with Crippen LogP contribution < -0.4 is 4.90 Å². The highest BCUT2D eigenvalue weighted by atomic mass is 19.4. The molecule has 4 aliphatic rings. The average Bonchev–Trinajstić information content (AvgIpc) is 3.57. The van der Waals surface area contributed by atoms with E-state index in [1.54, 1.807) is 0 Å². The van der Waals surface area contributed by atoms with Crippen LogP contribution in [-0.4, -0.2) is 101 Å². The highest BCUT2D eigenvalue weighted by Gasteiger charge is 2.46. The van der Waals surface area contributed by atoms with Gasteiger partial charge in [0.2, 0.25) is 0 Å². The first kappa shape index (κ1) is 29.9. The smallest absolute Gasteiger partial charge is 0.425 e. The third kappa shape index (κ3) is 6.45. The lowest BCUT2D eigenvalue weighted by Crippen LogP contribution is -2.53. The third-order valence-corrected chi connectivity index (χ3v) is 9.89. The Labute approximate surface area is 240 Å². The lowest BCUT2D eigenvalue weighted by Gasteiger charge is -2.45. The number of benzene rings is 1. The van der Waals surface area contributed by atoms with Gasteiger partial charge < -0.3 is 19.6 Å². The van der Waals surface area contributed by atoms with Crippen molar-refractivity contribution in [3.05, 3.63) is 29.3 Å². The van der Waals surface area contributed by atoms with E-state index < -0.39 is 24.3 Å². The summed E-state index contributed by atoms with van der Waals surface area (Å²) in [7, 11) is 0. The van der Waals surface area contributed by atoms with Crippen molar-refractivity contribution in [1.29, 1.82) is 0 Å². The van der Waals surface area contributed by atoms with Crippen molar-refractivity contribution in [2.45, 2.75) is 102 Å². The summed E-state index contributed by atoms with van der Waals surface area (Å²) in [5.41, 5.74) is 3.64. The van der Waals surface area contributed by atoms with E-state index >= 15 is 0 Å². The standard InChI is InChI=1S/C30H43F3N4O4/c1-21-6-7-23(26(19-21)34-15-8-24(9-16-34)37-14-3-5-25(37)27(38)39)20-36-13-4-10-29(36)11-17-35(18-12-29)28(40)41-22(2)30(31,32)33/h6-7,19,22,24-25H,3-5,8-18,20H2,1-2H3,(H,38,39)/t22?,25-/m0/s1. The molecule has 2 atom stereocenters. The number of alkyl halides is 3. The van der Waals surface area contributed by atoms with Gasteiger partial charge in [0.25, 0.3) is 0 Å². The fraction of sp³-hybridized carbons (Fsp3) is 0.733. The number of ether oxygens (including phenoxy) is 1. The van der Waals surface area contributed by atoms with Gasteiger partial charge in [0.1, 0.15) is 6.04 Å². The van der Waals surface area contributed by atoms with Crippen LogP contribution in [0.4, 0.5) is 23.7 Å². The number of likely N-dealkylation sites (tertiary alicyclic amines) is 3. The number of amides is 1. The molecule has 1 unspecified atom stereocenters.